The van der Waals surface area contributed by atoms with Crippen molar-refractivity contribution in [3.05, 3.63) is 65.7 Å². The molecule has 2 amide bonds. The molecule has 1 aliphatic carbocycles. The number of hydrogen-bond acceptors (Lipinski definition) is 3. The summed E-state index contributed by atoms with van der Waals surface area (Å²) < 4.78 is 0. The SMILES string of the molecule is CC(C(=O)Nc1ccccc1C(=O)NC1CC1)C(N)c1ccccc1. The highest BCUT2D eigenvalue weighted by atomic mass is 16.2. The van der Waals surface area contributed by atoms with Crippen LogP contribution in [-0.4, -0.2) is 17.9 Å². The summed E-state index contributed by atoms with van der Waals surface area (Å²) in [6, 6.07) is 16.4. The second-order valence-corrected chi connectivity index (χ2v) is 6.51. The predicted octanol–water partition coefficient (Wildman–Crippen LogP) is 2.85. The molecule has 1 aliphatic rings. The minimum atomic E-state index is -0.429. The van der Waals surface area contributed by atoms with Crippen molar-refractivity contribution in [2.45, 2.75) is 31.8 Å². The highest BCUT2D eigenvalue weighted by Crippen LogP contribution is 2.24. The Hall–Kier alpha value is -2.66. The lowest BCUT2D eigenvalue weighted by atomic mass is 9.94. The van der Waals surface area contributed by atoms with Crippen molar-refractivity contribution in [1.29, 1.82) is 0 Å². The maximum Gasteiger partial charge on any atom is 0.253 e. The van der Waals surface area contributed by atoms with Crippen LogP contribution in [0.2, 0.25) is 0 Å². The lowest BCUT2D eigenvalue weighted by molar-refractivity contribution is -0.120. The van der Waals surface area contributed by atoms with Gasteiger partial charge >= 0.3 is 0 Å². The number of nitrogens with one attached hydrogen (secondary N) is 2. The van der Waals surface area contributed by atoms with Crippen LogP contribution in [0.15, 0.2) is 54.6 Å². The quantitative estimate of drug-likeness (QED) is 0.758. The number of anilines is 1. The van der Waals surface area contributed by atoms with Crippen LogP contribution in [0.25, 0.3) is 0 Å². The molecule has 5 nitrogen and oxygen atoms in total. The molecule has 0 radical (unpaired) electrons. The minimum absolute atomic E-state index is 0.154. The topological polar surface area (TPSA) is 84.2 Å². The average Bonchev–Trinajstić information content (AvgIpc) is 3.45. The molecule has 2 aromatic carbocycles. The maximum atomic E-state index is 12.6. The second kappa shape index (κ2) is 7.49. The first-order valence-electron chi connectivity index (χ1n) is 8.57. The zero-order chi connectivity index (χ0) is 17.8. The molecule has 0 heterocycles. The summed E-state index contributed by atoms with van der Waals surface area (Å²) in [5.41, 5.74) is 8.12. The fraction of sp³-hybridized carbons (Fsp3) is 0.300. The van der Waals surface area contributed by atoms with Crippen molar-refractivity contribution in [2.24, 2.45) is 11.7 Å². The number of para-hydroxylation sites is 1. The number of hydrogen-bond donors (Lipinski definition) is 3. The molecule has 0 saturated heterocycles. The van der Waals surface area contributed by atoms with Crippen molar-refractivity contribution in [3.8, 4) is 0 Å². The smallest absolute Gasteiger partial charge is 0.253 e. The Balaban J connectivity index is 1.71. The first-order valence-corrected chi connectivity index (χ1v) is 8.57. The summed E-state index contributed by atoms with van der Waals surface area (Å²) in [7, 11) is 0. The molecule has 5 heteroatoms. The Morgan fingerprint density at radius 2 is 1.68 bits per heavy atom. The van der Waals surface area contributed by atoms with Crippen molar-refractivity contribution in [2.75, 3.05) is 5.32 Å². The van der Waals surface area contributed by atoms with Gasteiger partial charge in [0.2, 0.25) is 5.91 Å². The van der Waals surface area contributed by atoms with Gasteiger partial charge in [-0.1, -0.05) is 49.4 Å². The minimum Gasteiger partial charge on any atom is -0.349 e. The number of benzene rings is 2. The summed E-state index contributed by atoms with van der Waals surface area (Å²) in [4.78, 5) is 24.9. The monoisotopic (exact) mass is 337 g/mol. The molecule has 2 aromatic rings. The number of amides is 2. The highest BCUT2D eigenvalue weighted by Gasteiger charge is 2.26. The third kappa shape index (κ3) is 4.25. The van der Waals surface area contributed by atoms with Crippen molar-refractivity contribution >= 4 is 17.5 Å². The van der Waals surface area contributed by atoms with Gasteiger partial charge in [0.15, 0.2) is 0 Å². The zero-order valence-electron chi connectivity index (χ0n) is 14.2. The van der Waals surface area contributed by atoms with E-state index in [4.69, 9.17) is 5.73 Å². The summed E-state index contributed by atoms with van der Waals surface area (Å²) >= 11 is 0. The number of carbonyl (C=O) groups is 2. The van der Waals surface area contributed by atoms with Crippen LogP contribution in [0.1, 0.15) is 41.7 Å². The van der Waals surface area contributed by atoms with E-state index in [1.165, 1.54) is 0 Å². The number of carbonyl (C=O) groups excluding carboxylic acids is 2. The maximum absolute atomic E-state index is 12.6. The summed E-state index contributed by atoms with van der Waals surface area (Å²) in [6.07, 6.45) is 2.03. The summed E-state index contributed by atoms with van der Waals surface area (Å²) in [5, 5.41) is 5.80. The molecule has 0 bridgehead atoms. The van der Waals surface area contributed by atoms with E-state index in [9.17, 15) is 9.59 Å². The van der Waals surface area contributed by atoms with E-state index in [0.717, 1.165) is 18.4 Å². The molecular formula is C20H23N3O2. The number of nitrogens with two attached hydrogens (primary N) is 1. The van der Waals surface area contributed by atoms with Gasteiger partial charge in [-0.25, -0.2) is 0 Å². The molecule has 3 rings (SSSR count). The summed E-state index contributed by atoms with van der Waals surface area (Å²) in [6.45, 7) is 1.79. The van der Waals surface area contributed by atoms with Gasteiger partial charge < -0.3 is 16.4 Å². The van der Waals surface area contributed by atoms with Gasteiger partial charge in [-0.3, -0.25) is 9.59 Å². The van der Waals surface area contributed by atoms with E-state index >= 15 is 0 Å². The molecule has 0 aliphatic heterocycles. The highest BCUT2D eigenvalue weighted by molar-refractivity contribution is 6.04. The third-order valence-corrected chi connectivity index (χ3v) is 4.48. The van der Waals surface area contributed by atoms with Crippen LogP contribution in [0, 0.1) is 5.92 Å². The van der Waals surface area contributed by atoms with Crippen LogP contribution in [-0.2, 0) is 4.79 Å². The van der Waals surface area contributed by atoms with Crippen molar-refractivity contribution in [3.63, 3.8) is 0 Å². The van der Waals surface area contributed by atoms with Gasteiger partial charge in [0, 0.05) is 12.1 Å². The van der Waals surface area contributed by atoms with E-state index in [1.54, 1.807) is 31.2 Å². The van der Waals surface area contributed by atoms with Crippen LogP contribution < -0.4 is 16.4 Å². The van der Waals surface area contributed by atoms with Gasteiger partial charge in [-0.15, -0.1) is 0 Å². The average molecular weight is 337 g/mol. The van der Waals surface area contributed by atoms with E-state index in [0.29, 0.717) is 11.3 Å². The summed E-state index contributed by atoms with van der Waals surface area (Å²) in [5.74, 6) is -0.789. The molecule has 4 N–H and O–H groups in total. The van der Waals surface area contributed by atoms with Crippen LogP contribution in [0.5, 0.6) is 0 Å². The Bertz CT molecular complexity index is 757. The van der Waals surface area contributed by atoms with Gasteiger partial charge in [0.1, 0.15) is 0 Å². The van der Waals surface area contributed by atoms with Crippen LogP contribution in [0.3, 0.4) is 0 Å². The standard InChI is InChI=1S/C20H23N3O2/c1-13(18(21)14-7-3-2-4-8-14)19(24)23-17-10-6-5-9-16(17)20(25)22-15-11-12-15/h2-10,13,15,18H,11-12,21H2,1H3,(H,22,25)(H,23,24). The Morgan fingerprint density at radius 3 is 2.36 bits per heavy atom. The Morgan fingerprint density at radius 1 is 1.04 bits per heavy atom. The molecule has 130 valence electrons. The molecule has 0 aromatic heterocycles. The van der Waals surface area contributed by atoms with Gasteiger partial charge in [0.05, 0.1) is 17.2 Å². The fourth-order valence-corrected chi connectivity index (χ4v) is 2.65. The second-order valence-electron chi connectivity index (χ2n) is 6.51. The van der Waals surface area contributed by atoms with Gasteiger partial charge in [-0.2, -0.15) is 0 Å². The predicted molar refractivity (Wildman–Crippen MR) is 98.1 cm³/mol. The normalized spacial score (nSPS) is 15.9. The van der Waals surface area contributed by atoms with Crippen molar-refractivity contribution in [1.82, 2.24) is 5.32 Å². The van der Waals surface area contributed by atoms with E-state index in [2.05, 4.69) is 10.6 Å². The van der Waals surface area contributed by atoms with Gasteiger partial charge in [0.25, 0.3) is 5.91 Å². The van der Waals surface area contributed by atoms with E-state index in [1.807, 2.05) is 30.3 Å². The molecule has 2 atom stereocenters. The molecular weight excluding hydrogens is 314 g/mol. The Labute approximate surface area is 147 Å². The molecule has 1 saturated carbocycles. The molecule has 1 fully saturated rings. The first kappa shape index (κ1) is 17.2. The Kier molecular flexibility index (Phi) is 5.14. The van der Waals surface area contributed by atoms with Crippen LogP contribution >= 0.6 is 0 Å². The van der Waals surface area contributed by atoms with E-state index in [-0.39, 0.29) is 17.9 Å². The fourth-order valence-electron chi connectivity index (χ4n) is 2.65. The lowest BCUT2D eigenvalue weighted by Crippen LogP contribution is -2.32. The zero-order valence-corrected chi connectivity index (χ0v) is 14.2. The lowest BCUT2D eigenvalue weighted by Gasteiger charge is -2.20. The largest absolute Gasteiger partial charge is 0.349 e. The third-order valence-electron chi connectivity index (χ3n) is 4.48. The van der Waals surface area contributed by atoms with Crippen LogP contribution in [0.4, 0.5) is 5.69 Å². The molecule has 0 spiro atoms. The van der Waals surface area contributed by atoms with Crippen molar-refractivity contribution < 1.29 is 9.59 Å². The van der Waals surface area contributed by atoms with Gasteiger partial charge in [-0.05, 0) is 30.5 Å². The first-order chi connectivity index (χ1) is 12.1. The molecule has 2 unspecified atom stereocenters. The number of rotatable bonds is 6. The van der Waals surface area contributed by atoms with E-state index < -0.39 is 12.0 Å². The molecule has 25 heavy (non-hydrogen) atoms.